The van der Waals surface area contributed by atoms with E-state index in [1.165, 1.54) is 42.8 Å². The van der Waals surface area contributed by atoms with Crippen molar-refractivity contribution in [2.75, 3.05) is 25.0 Å². The molecule has 1 fully saturated rings. The Kier molecular flexibility index (Phi) is 4.59. The van der Waals surface area contributed by atoms with Crippen molar-refractivity contribution in [3.05, 3.63) is 23.4 Å². The average Bonchev–Trinajstić information content (AvgIpc) is 2.39. The van der Waals surface area contributed by atoms with Crippen LogP contribution in [0.3, 0.4) is 0 Å². The smallest absolute Gasteiger partial charge is 0.131 e. The molecule has 0 aromatic carbocycles. The molecular formula is C15H25N3. The molecule has 0 amide bonds. The van der Waals surface area contributed by atoms with E-state index in [0.29, 0.717) is 0 Å². The van der Waals surface area contributed by atoms with Gasteiger partial charge in [0.2, 0.25) is 0 Å². The second-order valence-corrected chi connectivity index (χ2v) is 5.38. The van der Waals surface area contributed by atoms with Crippen molar-refractivity contribution in [3.63, 3.8) is 0 Å². The quantitative estimate of drug-likeness (QED) is 0.886. The Hall–Kier alpha value is -1.09. The number of aryl methyl sites for hydroxylation is 1. The molecule has 1 atom stereocenters. The molecule has 3 nitrogen and oxygen atoms in total. The molecule has 3 heteroatoms. The molecule has 1 aromatic heterocycles. The Morgan fingerprint density at radius 1 is 1.50 bits per heavy atom. The number of pyridine rings is 1. The van der Waals surface area contributed by atoms with E-state index in [2.05, 4.69) is 35.1 Å². The fourth-order valence-electron chi connectivity index (χ4n) is 2.85. The number of anilines is 1. The fourth-order valence-corrected chi connectivity index (χ4v) is 2.85. The lowest BCUT2D eigenvalue weighted by Gasteiger charge is -2.34. The zero-order valence-corrected chi connectivity index (χ0v) is 11.9. The van der Waals surface area contributed by atoms with Crippen molar-refractivity contribution in [3.8, 4) is 0 Å². The molecule has 1 N–H and O–H groups in total. The van der Waals surface area contributed by atoms with Crippen molar-refractivity contribution < 1.29 is 0 Å². The van der Waals surface area contributed by atoms with Crippen LogP contribution >= 0.6 is 0 Å². The predicted octanol–water partition coefficient (Wildman–Crippen LogP) is 2.74. The third-order valence-corrected chi connectivity index (χ3v) is 3.88. The summed E-state index contributed by atoms with van der Waals surface area (Å²) in [6.45, 7) is 7.71. The first-order chi connectivity index (χ1) is 8.74. The molecule has 1 aliphatic heterocycles. The Morgan fingerprint density at radius 2 is 2.33 bits per heavy atom. The summed E-state index contributed by atoms with van der Waals surface area (Å²) in [6, 6.07) is 2.26. The first kappa shape index (κ1) is 13.3. The van der Waals surface area contributed by atoms with Crippen LogP contribution in [0.4, 0.5) is 5.82 Å². The Labute approximate surface area is 111 Å². The van der Waals surface area contributed by atoms with Gasteiger partial charge >= 0.3 is 0 Å². The van der Waals surface area contributed by atoms with Gasteiger partial charge < -0.3 is 10.2 Å². The predicted molar refractivity (Wildman–Crippen MR) is 77.0 cm³/mol. The van der Waals surface area contributed by atoms with E-state index in [1.54, 1.807) is 0 Å². The summed E-state index contributed by atoms with van der Waals surface area (Å²) >= 11 is 0. The minimum atomic E-state index is 0.844. The molecule has 0 spiro atoms. The summed E-state index contributed by atoms with van der Waals surface area (Å²) in [5.41, 5.74) is 2.57. The van der Waals surface area contributed by atoms with Crippen LogP contribution in [0.2, 0.25) is 0 Å². The SMILES string of the molecule is CCC1CCCN(c2ncc(CNC)cc2C)C1. The van der Waals surface area contributed by atoms with Gasteiger partial charge in [0.25, 0.3) is 0 Å². The number of aromatic nitrogens is 1. The van der Waals surface area contributed by atoms with E-state index in [0.717, 1.165) is 19.0 Å². The molecule has 1 aromatic rings. The maximum Gasteiger partial charge on any atom is 0.131 e. The lowest BCUT2D eigenvalue weighted by Crippen LogP contribution is -2.36. The first-order valence-corrected chi connectivity index (χ1v) is 7.09. The van der Waals surface area contributed by atoms with E-state index in [-0.39, 0.29) is 0 Å². The van der Waals surface area contributed by atoms with Gasteiger partial charge in [-0.25, -0.2) is 4.98 Å². The molecule has 0 aliphatic carbocycles. The van der Waals surface area contributed by atoms with Crippen molar-refractivity contribution in [2.45, 2.75) is 39.7 Å². The molecule has 18 heavy (non-hydrogen) atoms. The highest BCUT2D eigenvalue weighted by Crippen LogP contribution is 2.26. The van der Waals surface area contributed by atoms with Crippen molar-refractivity contribution in [1.29, 1.82) is 0 Å². The third kappa shape index (κ3) is 3.02. The Bertz CT molecular complexity index is 389. The summed E-state index contributed by atoms with van der Waals surface area (Å²) in [4.78, 5) is 7.14. The molecular weight excluding hydrogens is 222 g/mol. The van der Waals surface area contributed by atoms with Gasteiger partial charge in [-0.1, -0.05) is 13.3 Å². The highest BCUT2D eigenvalue weighted by molar-refractivity contribution is 5.47. The summed E-state index contributed by atoms with van der Waals surface area (Å²) < 4.78 is 0. The van der Waals surface area contributed by atoms with Crippen LogP contribution in [-0.4, -0.2) is 25.1 Å². The molecule has 0 bridgehead atoms. The first-order valence-electron chi connectivity index (χ1n) is 7.09. The van der Waals surface area contributed by atoms with Crippen LogP contribution in [0.5, 0.6) is 0 Å². The van der Waals surface area contributed by atoms with Gasteiger partial charge in [0.15, 0.2) is 0 Å². The maximum atomic E-state index is 4.68. The van der Waals surface area contributed by atoms with Crippen molar-refractivity contribution in [1.82, 2.24) is 10.3 Å². The number of piperidine rings is 1. The summed E-state index contributed by atoms with van der Waals surface area (Å²) in [7, 11) is 1.97. The van der Waals surface area contributed by atoms with E-state index < -0.39 is 0 Å². The molecule has 1 unspecified atom stereocenters. The zero-order chi connectivity index (χ0) is 13.0. The van der Waals surface area contributed by atoms with Gasteiger partial charge in [-0.15, -0.1) is 0 Å². The fraction of sp³-hybridized carbons (Fsp3) is 0.667. The van der Waals surface area contributed by atoms with E-state index >= 15 is 0 Å². The average molecular weight is 247 g/mol. The van der Waals surface area contributed by atoms with Crippen molar-refractivity contribution in [2.24, 2.45) is 5.92 Å². The largest absolute Gasteiger partial charge is 0.356 e. The van der Waals surface area contributed by atoms with Gasteiger partial charge in [0, 0.05) is 25.8 Å². The zero-order valence-electron chi connectivity index (χ0n) is 11.9. The normalized spacial score (nSPS) is 20.2. The molecule has 2 rings (SSSR count). The van der Waals surface area contributed by atoms with Gasteiger partial charge in [-0.05, 0) is 49.9 Å². The Morgan fingerprint density at radius 3 is 3.00 bits per heavy atom. The molecule has 2 heterocycles. The molecule has 0 saturated carbocycles. The van der Waals surface area contributed by atoms with Crippen LogP contribution in [0, 0.1) is 12.8 Å². The van der Waals surface area contributed by atoms with Crippen LogP contribution in [-0.2, 0) is 6.54 Å². The van der Waals surface area contributed by atoms with Crippen molar-refractivity contribution >= 4 is 5.82 Å². The molecule has 1 saturated heterocycles. The van der Waals surface area contributed by atoms with Gasteiger partial charge in [0.1, 0.15) is 5.82 Å². The maximum absolute atomic E-state index is 4.68. The van der Waals surface area contributed by atoms with Gasteiger partial charge in [0.05, 0.1) is 0 Å². The summed E-state index contributed by atoms with van der Waals surface area (Å²) in [6.07, 6.45) is 5.98. The lowest BCUT2D eigenvalue weighted by molar-refractivity contribution is 0.402. The number of hydrogen-bond donors (Lipinski definition) is 1. The lowest BCUT2D eigenvalue weighted by atomic mass is 9.95. The number of rotatable bonds is 4. The second kappa shape index (κ2) is 6.19. The van der Waals surface area contributed by atoms with Crippen LogP contribution < -0.4 is 10.2 Å². The highest BCUT2D eigenvalue weighted by atomic mass is 15.2. The standard InChI is InChI=1S/C15H25N3/c1-4-13-6-5-7-18(11-13)15-12(2)8-14(9-16-3)10-17-15/h8,10,13,16H,4-7,9,11H2,1-3H3. The van der Waals surface area contributed by atoms with E-state index in [4.69, 9.17) is 0 Å². The monoisotopic (exact) mass is 247 g/mol. The summed E-state index contributed by atoms with van der Waals surface area (Å²) in [5.74, 6) is 2.03. The molecule has 100 valence electrons. The van der Waals surface area contributed by atoms with Gasteiger partial charge in [-0.2, -0.15) is 0 Å². The number of hydrogen-bond acceptors (Lipinski definition) is 3. The minimum Gasteiger partial charge on any atom is -0.356 e. The highest BCUT2D eigenvalue weighted by Gasteiger charge is 2.20. The summed E-state index contributed by atoms with van der Waals surface area (Å²) in [5, 5.41) is 3.17. The Balaban J connectivity index is 2.12. The van der Waals surface area contributed by atoms with E-state index in [1.807, 2.05) is 13.2 Å². The third-order valence-electron chi connectivity index (χ3n) is 3.88. The van der Waals surface area contributed by atoms with Crippen LogP contribution in [0.25, 0.3) is 0 Å². The minimum absolute atomic E-state index is 0.844. The number of nitrogens with zero attached hydrogens (tertiary/aromatic N) is 2. The van der Waals surface area contributed by atoms with E-state index in [9.17, 15) is 0 Å². The molecule has 1 aliphatic rings. The topological polar surface area (TPSA) is 28.2 Å². The molecule has 0 radical (unpaired) electrons. The van der Waals surface area contributed by atoms with Crippen LogP contribution in [0.1, 0.15) is 37.3 Å². The number of nitrogens with one attached hydrogen (secondary N) is 1. The van der Waals surface area contributed by atoms with Crippen LogP contribution in [0.15, 0.2) is 12.3 Å². The van der Waals surface area contributed by atoms with Gasteiger partial charge in [-0.3, -0.25) is 0 Å². The second-order valence-electron chi connectivity index (χ2n) is 5.38.